The minimum absolute atomic E-state index is 0.121. The Labute approximate surface area is 128 Å². The lowest BCUT2D eigenvalue weighted by Gasteiger charge is -2.38. The molecule has 0 aromatic heterocycles. The van der Waals surface area contributed by atoms with Crippen molar-refractivity contribution in [1.82, 2.24) is 9.21 Å². The van der Waals surface area contributed by atoms with E-state index in [1.54, 1.807) is 6.92 Å². The third-order valence-corrected chi connectivity index (χ3v) is 5.42. The minimum Gasteiger partial charge on any atom is -0.459 e. The van der Waals surface area contributed by atoms with Gasteiger partial charge in [0.05, 0.1) is 5.75 Å². The molecule has 1 rings (SSSR count). The van der Waals surface area contributed by atoms with Gasteiger partial charge in [0.15, 0.2) is 0 Å². The Hall–Kier alpha value is -0.660. The first-order valence-corrected chi connectivity index (χ1v) is 9.16. The van der Waals surface area contributed by atoms with Gasteiger partial charge >= 0.3 is 5.97 Å². The van der Waals surface area contributed by atoms with Gasteiger partial charge in [0.1, 0.15) is 11.6 Å². The summed E-state index contributed by atoms with van der Waals surface area (Å²) >= 11 is 0. The van der Waals surface area contributed by atoms with E-state index in [2.05, 4.69) is 0 Å². The van der Waals surface area contributed by atoms with Gasteiger partial charge < -0.3 is 4.74 Å². The van der Waals surface area contributed by atoms with Crippen molar-refractivity contribution in [3.05, 3.63) is 0 Å². The van der Waals surface area contributed by atoms with Gasteiger partial charge in [-0.05, 0) is 34.1 Å². The molecule has 1 aliphatic heterocycles. The number of esters is 1. The summed E-state index contributed by atoms with van der Waals surface area (Å²) in [5.41, 5.74) is -0.502. The summed E-state index contributed by atoms with van der Waals surface area (Å²) in [7, 11) is -3.14. The van der Waals surface area contributed by atoms with Gasteiger partial charge in [0.2, 0.25) is 10.0 Å². The topological polar surface area (TPSA) is 66.9 Å². The summed E-state index contributed by atoms with van der Waals surface area (Å²) in [6, 6.07) is -0.296. The molecule has 1 heterocycles. The average molecular weight is 320 g/mol. The van der Waals surface area contributed by atoms with Gasteiger partial charge in [-0.3, -0.25) is 9.69 Å². The molecular weight excluding hydrogens is 292 g/mol. The Bertz CT molecular complexity index is 448. The zero-order chi connectivity index (χ0) is 16.3. The molecule has 0 N–H and O–H groups in total. The van der Waals surface area contributed by atoms with Crippen LogP contribution < -0.4 is 0 Å². The van der Waals surface area contributed by atoms with Gasteiger partial charge in [-0.15, -0.1) is 0 Å². The SMILES string of the molecule is CC[C@@H](C(=O)OC(C)(C)C)N1CCN(S(=O)(=O)CC)CC1. The Kier molecular flexibility index (Phi) is 6.19. The van der Waals surface area contributed by atoms with E-state index in [9.17, 15) is 13.2 Å². The van der Waals surface area contributed by atoms with E-state index >= 15 is 0 Å². The molecule has 124 valence electrons. The summed E-state index contributed by atoms with van der Waals surface area (Å²) < 4.78 is 30.6. The maximum absolute atomic E-state index is 12.2. The van der Waals surface area contributed by atoms with Crippen LogP contribution in [-0.2, 0) is 19.6 Å². The van der Waals surface area contributed by atoms with Crippen molar-refractivity contribution in [2.75, 3.05) is 31.9 Å². The van der Waals surface area contributed by atoms with Gasteiger partial charge in [-0.1, -0.05) is 6.92 Å². The van der Waals surface area contributed by atoms with Crippen LogP contribution in [0, 0.1) is 0 Å². The first kappa shape index (κ1) is 18.4. The van der Waals surface area contributed by atoms with Crippen LogP contribution in [0.2, 0.25) is 0 Å². The van der Waals surface area contributed by atoms with E-state index in [0.29, 0.717) is 32.6 Å². The second-order valence-electron chi connectivity index (χ2n) is 6.29. The quantitative estimate of drug-likeness (QED) is 0.709. The van der Waals surface area contributed by atoms with Gasteiger partial charge in [-0.25, -0.2) is 8.42 Å². The molecule has 0 bridgehead atoms. The smallest absolute Gasteiger partial charge is 0.323 e. The number of ether oxygens (including phenoxy) is 1. The molecule has 0 spiro atoms. The Morgan fingerprint density at radius 3 is 2.05 bits per heavy atom. The van der Waals surface area contributed by atoms with Gasteiger partial charge in [-0.2, -0.15) is 4.31 Å². The lowest BCUT2D eigenvalue weighted by atomic mass is 10.1. The molecule has 1 aliphatic rings. The number of rotatable bonds is 5. The zero-order valence-corrected chi connectivity index (χ0v) is 14.6. The summed E-state index contributed by atoms with van der Waals surface area (Å²) in [6.07, 6.45) is 0.662. The molecule has 1 atom stereocenters. The van der Waals surface area contributed by atoms with Crippen LogP contribution in [0.5, 0.6) is 0 Å². The van der Waals surface area contributed by atoms with Crippen molar-refractivity contribution >= 4 is 16.0 Å². The lowest BCUT2D eigenvalue weighted by Crippen LogP contribution is -2.54. The maximum Gasteiger partial charge on any atom is 0.323 e. The fourth-order valence-electron chi connectivity index (χ4n) is 2.42. The number of hydrogen-bond acceptors (Lipinski definition) is 5. The monoisotopic (exact) mass is 320 g/mol. The molecule has 0 saturated carbocycles. The zero-order valence-electron chi connectivity index (χ0n) is 13.8. The third-order valence-electron chi connectivity index (χ3n) is 3.54. The van der Waals surface area contributed by atoms with E-state index in [0.717, 1.165) is 0 Å². The van der Waals surface area contributed by atoms with Crippen molar-refractivity contribution in [2.45, 2.75) is 52.7 Å². The fourth-order valence-corrected chi connectivity index (χ4v) is 3.50. The number of sulfonamides is 1. The lowest BCUT2D eigenvalue weighted by molar-refractivity contribution is -0.162. The van der Waals surface area contributed by atoms with Crippen LogP contribution in [-0.4, -0.2) is 67.2 Å². The number of hydrogen-bond donors (Lipinski definition) is 0. The summed E-state index contributed by atoms with van der Waals surface area (Å²) in [5.74, 6) is -0.104. The first-order chi connectivity index (χ1) is 9.60. The Morgan fingerprint density at radius 2 is 1.67 bits per heavy atom. The fraction of sp³-hybridized carbons (Fsp3) is 0.929. The molecule has 1 saturated heterocycles. The van der Waals surface area contributed by atoms with E-state index in [4.69, 9.17) is 4.74 Å². The van der Waals surface area contributed by atoms with E-state index in [1.807, 2.05) is 32.6 Å². The molecule has 0 radical (unpaired) electrons. The van der Waals surface area contributed by atoms with Crippen LogP contribution in [0.25, 0.3) is 0 Å². The van der Waals surface area contributed by atoms with E-state index in [1.165, 1.54) is 4.31 Å². The molecule has 1 fully saturated rings. The van der Waals surface area contributed by atoms with Crippen LogP contribution in [0.1, 0.15) is 41.0 Å². The van der Waals surface area contributed by atoms with Crippen molar-refractivity contribution in [3.63, 3.8) is 0 Å². The number of carbonyl (C=O) groups is 1. The Balaban J connectivity index is 2.64. The highest BCUT2D eigenvalue weighted by atomic mass is 32.2. The molecule has 0 amide bonds. The van der Waals surface area contributed by atoms with Crippen molar-refractivity contribution in [3.8, 4) is 0 Å². The summed E-state index contributed by atoms with van der Waals surface area (Å²) in [4.78, 5) is 14.3. The van der Waals surface area contributed by atoms with E-state index < -0.39 is 15.6 Å². The highest BCUT2D eigenvalue weighted by Gasteiger charge is 2.33. The number of carbonyl (C=O) groups excluding carboxylic acids is 1. The van der Waals surface area contributed by atoms with E-state index in [-0.39, 0.29) is 17.8 Å². The number of piperazine rings is 1. The largest absolute Gasteiger partial charge is 0.459 e. The third kappa shape index (κ3) is 5.23. The van der Waals surface area contributed by atoms with Crippen molar-refractivity contribution < 1.29 is 17.9 Å². The molecular formula is C14H28N2O4S. The first-order valence-electron chi connectivity index (χ1n) is 7.55. The maximum atomic E-state index is 12.2. The summed E-state index contributed by atoms with van der Waals surface area (Å²) in [6.45, 7) is 11.2. The number of nitrogens with zero attached hydrogens (tertiary/aromatic N) is 2. The standard InChI is InChI=1S/C14H28N2O4S/c1-6-12(13(17)20-14(3,4)5)15-8-10-16(11-9-15)21(18,19)7-2/h12H,6-11H2,1-5H3/t12-/m0/s1. The van der Waals surface area contributed by atoms with Crippen LogP contribution in [0.3, 0.4) is 0 Å². The molecule has 6 nitrogen and oxygen atoms in total. The van der Waals surface area contributed by atoms with Gasteiger partial charge in [0.25, 0.3) is 0 Å². The normalized spacial score (nSPS) is 20.2. The Morgan fingerprint density at radius 1 is 1.14 bits per heavy atom. The van der Waals surface area contributed by atoms with Crippen LogP contribution >= 0.6 is 0 Å². The van der Waals surface area contributed by atoms with Crippen molar-refractivity contribution in [2.24, 2.45) is 0 Å². The highest BCUT2D eigenvalue weighted by molar-refractivity contribution is 7.89. The predicted octanol–water partition coefficient (Wildman–Crippen LogP) is 1.07. The molecule has 0 aromatic carbocycles. The van der Waals surface area contributed by atoms with Crippen molar-refractivity contribution in [1.29, 1.82) is 0 Å². The van der Waals surface area contributed by atoms with Crippen LogP contribution in [0.4, 0.5) is 0 Å². The predicted molar refractivity (Wildman–Crippen MR) is 82.5 cm³/mol. The molecule has 0 unspecified atom stereocenters. The van der Waals surface area contributed by atoms with Crippen LogP contribution in [0.15, 0.2) is 0 Å². The molecule has 21 heavy (non-hydrogen) atoms. The molecule has 7 heteroatoms. The molecule has 0 aliphatic carbocycles. The minimum atomic E-state index is -3.14. The van der Waals surface area contributed by atoms with Gasteiger partial charge in [0, 0.05) is 26.2 Å². The summed E-state index contributed by atoms with van der Waals surface area (Å²) in [5, 5.41) is 0. The average Bonchev–Trinajstić information content (AvgIpc) is 2.38. The highest BCUT2D eigenvalue weighted by Crippen LogP contribution is 2.16. The molecule has 0 aromatic rings. The second kappa shape index (κ2) is 7.07. The second-order valence-corrected chi connectivity index (χ2v) is 8.55.